The summed E-state index contributed by atoms with van der Waals surface area (Å²) in [4.78, 5) is 0. The van der Waals surface area contributed by atoms with Crippen LogP contribution in [0.15, 0.2) is 30.3 Å². The number of aliphatic hydroxyl groups excluding tert-OH is 2. The molecule has 1 aromatic carbocycles. The smallest absolute Gasteiger partial charge is 0.186 e. The zero-order chi connectivity index (χ0) is 13.8. The normalized spacial score (nSPS) is 35.3. The predicted octanol–water partition coefficient (Wildman–Crippen LogP) is 0.685. The third-order valence-electron chi connectivity index (χ3n) is 3.29. The molecule has 106 valence electrons. The van der Waals surface area contributed by atoms with E-state index in [2.05, 4.69) is 0 Å². The molecule has 0 amide bonds. The van der Waals surface area contributed by atoms with Crippen molar-refractivity contribution in [1.29, 1.82) is 0 Å². The van der Waals surface area contributed by atoms with E-state index < -0.39 is 24.6 Å². The first-order valence-electron chi connectivity index (χ1n) is 6.33. The number of hydrogen-bond donors (Lipinski definition) is 2. The molecule has 0 saturated carbocycles. The van der Waals surface area contributed by atoms with Gasteiger partial charge in [-0.3, -0.25) is 0 Å². The summed E-state index contributed by atoms with van der Waals surface area (Å²) in [6.45, 7) is 2.15. The van der Waals surface area contributed by atoms with Gasteiger partial charge in [0, 0.05) is 7.11 Å². The van der Waals surface area contributed by atoms with Crippen LogP contribution < -0.4 is 0 Å². The summed E-state index contributed by atoms with van der Waals surface area (Å²) in [5.41, 5.74) is 1.00. The van der Waals surface area contributed by atoms with E-state index in [1.54, 1.807) is 6.92 Å². The second kappa shape index (κ2) is 6.45. The Morgan fingerprint density at radius 1 is 1.16 bits per heavy atom. The van der Waals surface area contributed by atoms with Crippen LogP contribution in [0, 0.1) is 0 Å². The van der Waals surface area contributed by atoms with E-state index in [1.807, 2.05) is 30.3 Å². The molecule has 0 bridgehead atoms. The molecule has 5 nitrogen and oxygen atoms in total. The van der Waals surface area contributed by atoms with Crippen LogP contribution in [0.5, 0.6) is 0 Å². The lowest BCUT2D eigenvalue weighted by Crippen LogP contribution is -2.57. The molecule has 0 radical (unpaired) electrons. The molecule has 5 atom stereocenters. The van der Waals surface area contributed by atoms with Crippen molar-refractivity contribution in [3.05, 3.63) is 35.9 Å². The summed E-state index contributed by atoms with van der Waals surface area (Å²) >= 11 is 0. The maximum Gasteiger partial charge on any atom is 0.186 e. The predicted molar refractivity (Wildman–Crippen MR) is 68.4 cm³/mol. The lowest BCUT2D eigenvalue weighted by atomic mass is 9.99. The minimum Gasteiger partial charge on any atom is -0.387 e. The molecular formula is C14H20O5. The Kier molecular flexibility index (Phi) is 4.90. The number of aliphatic hydroxyl groups is 2. The van der Waals surface area contributed by atoms with E-state index in [-0.39, 0.29) is 6.10 Å². The Labute approximate surface area is 112 Å². The molecular weight excluding hydrogens is 248 g/mol. The van der Waals surface area contributed by atoms with Crippen molar-refractivity contribution in [3.63, 3.8) is 0 Å². The van der Waals surface area contributed by atoms with Gasteiger partial charge in [0.25, 0.3) is 0 Å². The van der Waals surface area contributed by atoms with Crippen LogP contribution in [0.25, 0.3) is 0 Å². The van der Waals surface area contributed by atoms with Crippen LogP contribution in [0.3, 0.4) is 0 Å². The Bertz CT molecular complexity index is 383. The first-order valence-corrected chi connectivity index (χ1v) is 6.33. The first-order chi connectivity index (χ1) is 9.13. The average Bonchev–Trinajstić information content (AvgIpc) is 2.44. The Hall–Kier alpha value is -0.980. The number of benzene rings is 1. The van der Waals surface area contributed by atoms with Crippen LogP contribution in [-0.2, 0) is 20.8 Å². The van der Waals surface area contributed by atoms with Gasteiger partial charge in [0.15, 0.2) is 6.29 Å². The van der Waals surface area contributed by atoms with E-state index in [0.717, 1.165) is 5.56 Å². The Balaban J connectivity index is 1.96. The molecule has 2 N–H and O–H groups in total. The van der Waals surface area contributed by atoms with Crippen molar-refractivity contribution in [2.24, 2.45) is 0 Å². The number of ether oxygens (including phenoxy) is 3. The summed E-state index contributed by atoms with van der Waals surface area (Å²) in [7, 11) is 1.43. The lowest BCUT2D eigenvalue weighted by Gasteiger charge is -2.40. The molecule has 1 aliphatic rings. The summed E-state index contributed by atoms with van der Waals surface area (Å²) in [5, 5.41) is 19.9. The standard InChI is InChI=1S/C14H20O5/c1-9-13(11(15)12(16)14(17-2)19-9)18-8-10-6-4-3-5-7-10/h3-7,9,11-16H,8H2,1-2H3/t9-,11-,12+,13-,14+/m1/s1. The minimum absolute atomic E-state index is 0.355. The molecule has 1 saturated heterocycles. The molecule has 5 heteroatoms. The summed E-state index contributed by atoms with van der Waals surface area (Å²) in [6.07, 6.45) is -3.89. The first kappa shape index (κ1) is 14.4. The van der Waals surface area contributed by atoms with E-state index in [9.17, 15) is 10.2 Å². The van der Waals surface area contributed by atoms with Gasteiger partial charge in [-0.25, -0.2) is 0 Å². The Morgan fingerprint density at radius 3 is 2.47 bits per heavy atom. The SMILES string of the molecule is CO[C@H]1O[C@H](C)[C@@H](OCc2ccccc2)[C@H](O)[C@@H]1O. The fraction of sp³-hybridized carbons (Fsp3) is 0.571. The summed E-state index contributed by atoms with van der Waals surface area (Å²) in [6, 6.07) is 9.65. The maximum atomic E-state index is 10.1. The van der Waals surface area contributed by atoms with Crippen molar-refractivity contribution in [1.82, 2.24) is 0 Å². The van der Waals surface area contributed by atoms with Crippen LogP contribution in [0.4, 0.5) is 0 Å². The van der Waals surface area contributed by atoms with Crippen LogP contribution in [0.1, 0.15) is 12.5 Å². The number of rotatable bonds is 4. The maximum absolute atomic E-state index is 10.1. The quantitative estimate of drug-likeness (QED) is 0.840. The van der Waals surface area contributed by atoms with Crippen molar-refractivity contribution in [3.8, 4) is 0 Å². The molecule has 19 heavy (non-hydrogen) atoms. The fourth-order valence-electron chi connectivity index (χ4n) is 2.20. The van der Waals surface area contributed by atoms with Gasteiger partial charge in [-0.2, -0.15) is 0 Å². The van der Waals surface area contributed by atoms with E-state index >= 15 is 0 Å². The third-order valence-corrected chi connectivity index (χ3v) is 3.29. The van der Waals surface area contributed by atoms with Crippen molar-refractivity contribution < 1.29 is 24.4 Å². The zero-order valence-electron chi connectivity index (χ0n) is 11.1. The number of methoxy groups -OCH3 is 1. The summed E-state index contributed by atoms with van der Waals surface area (Å²) in [5.74, 6) is 0. The largest absolute Gasteiger partial charge is 0.387 e. The highest BCUT2D eigenvalue weighted by atomic mass is 16.7. The van der Waals surface area contributed by atoms with E-state index in [0.29, 0.717) is 6.61 Å². The van der Waals surface area contributed by atoms with Gasteiger partial charge in [0.1, 0.15) is 18.3 Å². The molecule has 0 unspecified atom stereocenters. The van der Waals surface area contributed by atoms with Crippen LogP contribution in [-0.4, -0.2) is 48.0 Å². The second-order valence-electron chi connectivity index (χ2n) is 4.69. The van der Waals surface area contributed by atoms with Crippen molar-refractivity contribution >= 4 is 0 Å². The topological polar surface area (TPSA) is 68.2 Å². The highest BCUT2D eigenvalue weighted by Gasteiger charge is 2.43. The highest BCUT2D eigenvalue weighted by molar-refractivity contribution is 5.13. The molecule has 1 fully saturated rings. The number of hydrogen-bond acceptors (Lipinski definition) is 5. The lowest BCUT2D eigenvalue weighted by molar-refractivity contribution is -0.294. The molecule has 1 heterocycles. The van der Waals surface area contributed by atoms with Gasteiger partial charge < -0.3 is 24.4 Å². The van der Waals surface area contributed by atoms with Gasteiger partial charge in [-0.05, 0) is 12.5 Å². The van der Waals surface area contributed by atoms with Crippen LogP contribution in [0.2, 0.25) is 0 Å². The van der Waals surface area contributed by atoms with Gasteiger partial charge in [-0.1, -0.05) is 30.3 Å². The zero-order valence-corrected chi connectivity index (χ0v) is 11.1. The van der Waals surface area contributed by atoms with Gasteiger partial charge in [0.05, 0.1) is 12.7 Å². The van der Waals surface area contributed by atoms with Gasteiger partial charge in [0.2, 0.25) is 0 Å². The van der Waals surface area contributed by atoms with Crippen LogP contribution >= 0.6 is 0 Å². The summed E-state index contributed by atoms with van der Waals surface area (Å²) < 4.78 is 16.1. The monoisotopic (exact) mass is 268 g/mol. The molecule has 2 rings (SSSR count). The molecule has 1 aliphatic heterocycles. The Morgan fingerprint density at radius 2 is 1.84 bits per heavy atom. The minimum atomic E-state index is -1.11. The van der Waals surface area contributed by atoms with Crippen molar-refractivity contribution in [2.75, 3.05) is 7.11 Å². The molecule has 0 spiro atoms. The van der Waals surface area contributed by atoms with E-state index in [4.69, 9.17) is 14.2 Å². The molecule has 0 aromatic heterocycles. The highest BCUT2D eigenvalue weighted by Crippen LogP contribution is 2.24. The average molecular weight is 268 g/mol. The molecule has 0 aliphatic carbocycles. The van der Waals surface area contributed by atoms with Gasteiger partial charge in [-0.15, -0.1) is 0 Å². The second-order valence-corrected chi connectivity index (χ2v) is 4.69. The molecule has 1 aromatic rings. The fourth-order valence-corrected chi connectivity index (χ4v) is 2.20. The van der Waals surface area contributed by atoms with E-state index in [1.165, 1.54) is 7.11 Å². The third kappa shape index (κ3) is 3.32. The van der Waals surface area contributed by atoms with Crippen molar-refractivity contribution in [2.45, 2.75) is 44.2 Å². The van der Waals surface area contributed by atoms with Gasteiger partial charge >= 0.3 is 0 Å².